The van der Waals surface area contributed by atoms with Crippen molar-refractivity contribution >= 4 is 27.0 Å². The van der Waals surface area contributed by atoms with Crippen LogP contribution in [-0.2, 0) is 12.7 Å². The molecule has 0 spiro atoms. The molecule has 1 heterocycles. The summed E-state index contributed by atoms with van der Waals surface area (Å²) in [6, 6.07) is 2.14. The standard InChI is InChI=1S/C10H7BrF4N2/c1-2-17-7-4-5(12)3-6(11)8(7)16-9(17)10(13,14)15/h3-4H,2H2,1H3. The van der Waals surface area contributed by atoms with E-state index in [1.165, 1.54) is 0 Å². The Balaban J connectivity index is 2.85. The molecule has 0 bridgehead atoms. The van der Waals surface area contributed by atoms with E-state index < -0.39 is 17.8 Å². The molecule has 0 radical (unpaired) electrons. The average molecular weight is 311 g/mol. The summed E-state index contributed by atoms with van der Waals surface area (Å²) >= 11 is 3.01. The van der Waals surface area contributed by atoms with Crippen molar-refractivity contribution in [1.29, 1.82) is 0 Å². The van der Waals surface area contributed by atoms with Crippen molar-refractivity contribution in [2.45, 2.75) is 19.6 Å². The molecule has 17 heavy (non-hydrogen) atoms. The van der Waals surface area contributed by atoms with Gasteiger partial charge in [0.2, 0.25) is 5.82 Å². The third-order valence-corrected chi connectivity index (χ3v) is 2.95. The third-order valence-electron chi connectivity index (χ3n) is 2.34. The minimum Gasteiger partial charge on any atom is -0.321 e. The maximum Gasteiger partial charge on any atom is 0.449 e. The van der Waals surface area contributed by atoms with Crippen LogP contribution in [0.2, 0.25) is 0 Å². The molecule has 0 saturated heterocycles. The first kappa shape index (κ1) is 12.3. The van der Waals surface area contributed by atoms with Crippen LogP contribution < -0.4 is 0 Å². The van der Waals surface area contributed by atoms with Gasteiger partial charge in [-0.2, -0.15) is 13.2 Å². The summed E-state index contributed by atoms with van der Waals surface area (Å²) in [6.07, 6.45) is -4.55. The lowest BCUT2D eigenvalue weighted by molar-refractivity contribution is -0.146. The van der Waals surface area contributed by atoms with Crippen LogP contribution in [0.4, 0.5) is 17.6 Å². The number of alkyl halides is 3. The fourth-order valence-corrected chi connectivity index (χ4v) is 2.20. The molecule has 0 atom stereocenters. The molecule has 92 valence electrons. The van der Waals surface area contributed by atoms with Gasteiger partial charge in [-0.15, -0.1) is 0 Å². The highest BCUT2D eigenvalue weighted by Crippen LogP contribution is 2.34. The first-order valence-electron chi connectivity index (χ1n) is 4.77. The van der Waals surface area contributed by atoms with Gasteiger partial charge in [-0.1, -0.05) is 0 Å². The predicted octanol–water partition coefficient (Wildman–Crippen LogP) is 3.98. The first-order valence-corrected chi connectivity index (χ1v) is 5.56. The van der Waals surface area contributed by atoms with E-state index in [2.05, 4.69) is 20.9 Å². The maximum absolute atomic E-state index is 13.2. The Kier molecular flexibility index (Phi) is 2.89. The van der Waals surface area contributed by atoms with Crippen molar-refractivity contribution in [3.63, 3.8) is 0 Å². The largest absolute Gasteiger partial charge is 0.449 e. The van der Waals surface area contributed by atoms with Crippen LogP contribution in [0.5, 0.6) is 0 Å². The van der Waals surface area contributed by atoms with Crippen molar-refractivity contribution in [3.05, 3.63) is 28.2 Å². The normalized spacial score (nSPS) is 12.4. The van der Waals surface area contributed by atoms with E-state index in [9.17, 15) is 17.6 Å². The average Bonchev–Trinajstić information content (AvgIpc) is 2.55. The van der Waals surface area contributed by atoms with E-state index in [1.54, 1.807) is 6.92 Å². The quantitative estimate of drug-likeness (QED) is 0.729. The molecule has 0 saturated carbocycles. The van der Waals surface area contributed by atoms with Crippen molar-refractivity contribution in [1.82, 2.24) is 9.55 Å². The number of benzene rings is 1. The topological polar surface area (TPSA) is 17.8 Å². The van der Waals surface area contributed by atoms with E-state index in [-0.39, 0.29) is 22.1 Å². The molecule has 2 aromatic rings. The van der Waals surface area contributed by atoms with Crippen molar-refractivity contribution in [2.75, 3.05) is 0 Å². The van der Waals surface area contributed by atoms with Crippen LogP contribution in [0.1, 0.15) is 12.7 Å². The lowest BCUT2D eigenvalue weighted by atomic mass is 10.3. The number of halogens is 5. The van der Waals surface area contributed by atoms with E-state index in [1.807, 2.05) is 0 Å². The molecule has 0 aliphatic rings. The van der Waals surface area contributed by atoms with Crippen LogP contribution in [0, 0.1) is 5.82 Å². The molecule has 1 aromatic carbocycles. The number of fused-ring (bicyclic) bond motifs is 1. The molecular weight excluding hydrogens is 304 g/mol. The molecule has 0 amide bonds. The summed E-state index contributed by atoms with van der Waals surface area (Å²) in [5.41, 5.74) is 0.243. The molecule has 0 aliphatic heterocycles. The van der Waals surface area contributed by atoms with Crippen molar-refractivity contribution in [2.24, 2.45) is 0 Å². The van der Waals surface area contributed by atoms with E-state index in [0.717, 1.165) is 16.7 Å². The molecule has 0 unspecified atom stereocenters. The Labute approximate surface area is 102 Å². The highest BCUT2D eigenvalue weighted by atomic mass is 79.9. The molecule has 0 N–H and O–H groups in total. The van der Waals surface area contributed by atoms with Gasteiger partial charge in [0.25, 0.3) is 0 Å². The minimum atomic E-state index is -4.55. The predicted molar refractivity (Wildman–Crippen MR) is 58.1 cm³/mol. The fraction of sp³-hybridized carbons (Fsp3) is 0.300. The first-order chi connectivity index (χ1) is 7.84. The van der Waals surface area contributed by atoms with E-state index >= 15 is 0 Å². The zero-order valence-corrected chi connectivity index (χ0v) is 10.2. The fourth-order valence-electron chi connectivity index (χ4n) is 1.69. The van der Waals surface area contributed by atoms with Gasteiger partial charge in [-0.05, 0) is 35.0 Å². The van der Waals surface area contributed by atoms with Crippen molar-refractivity contribution in [3.8, 4) is 0 Å². The second-order valence-electron chi connectivity index (χ2n) is 3.43. The Bertz CT molecular complexity index is 574. The Morgan fingerprint density at radius 1 is 1.35 bits per heavy atom. The smallest absolute Gasteiger partial charge is 0.321 e. The molecule has 0 fully saturated rings. The van der Waals surface area contributed by atoms with Gasteiger partial charge in [-0.25, -0.2) is 9.37 Å². The van der Waals surface area contributed by atoms with Crippen LogP contribution in [-0.4, -0.2) is 9.55 Å². The molecule has 1 aromatic heterocycles. The number of aryl methyl sites for hydroxylation is 1. The lowest BCUT2D eigenvalue weighted by Gasteiger charge is -2.08. The monoisotopic (exact) mass is 310 g/mol. The van der Waals surface area contributed by atoms with Gasteiger partial charge < -0.3 is 4.57 Å². The van der Waals surface area contributed by atoms with Gasteiger partial charge in [0.15, 0.2) is 0 Å². The maximum atomic E-state index is 13.2. The number of hydrogen-bond acceptors (Lipinski definition) is 1. The zero-order chi connectivity index (χ0) is 12.8. The van der Waals surface area contributed by atoms with Crippen LogP contribution >= 0.6 is 15.9 Å². The summed E-state index contributed by atoms with van der Waals surface area (Å²) < 4.78 is 52.5. The summed E-state index contributed by atoms with van der Waals surface area (Å²) in [4.78, 5) is 3.52. The highest BCUT2D eigenvalue weighted by Gasteiger charge is 2.37. The molecule has 2 rings (SSSR count). The van der Waals surface area contributed by atoms with Gasteiger partial charge in [0, 0.05) is 11.0 Å². The summed E-state index contributed by atoms with van der Waals surface area (Å²) in [6.45, 7) is 1.62. The zero-order valence-electron chi connectivity index (χ0n) is 8.65. The van der Waals surface area contributed by atoms with Gasteiger partial charge in [0.05, 0.1) is 5.52 Å². The summed E-state index contributed by atoms with van der Waals surface area (Å²) in [7, 11) is 0. The highest BCUT2D eigenvalue weighted by molar-refractivity contribution is 9.10. The number of aromatic nitrogens is 2. The lowest BCUT2D eigenvalue weighted by Crippen LogP contribution is -2.14. The van der Waals surface area contributed by atoms with Gasteiger partial charge in [-0.3, -0.25) is 0 Å². The van der Waals surface area contributed by atoms with Gasteiger partial charge in [0.1, 0.15) is 11.3 Å². The van der Waals surface area contributed by atoms with E-state index in [0.29, 0.717) is 0 Å². The molecule has 2 nitrogen and oxygen atoms in total. The molecular formula is C10H7BrF4N2. The number of hydrogen-bond donors (Lipinski definition) is 0. The molecule has 0 aliphatic carbocycles. The van der Waals surface area contributed by atoms with Crippen LogP contribution in [0.25, 0.3) is 11.0 Å². The SMILES string of the molecule is CCn1c(C(F)(F)F)nc2c(Br)cc(F)cc21. The van der Waals surface area contributed by atoms with Crippen LogP contribution in [0.15, 0.2) is 16.6 Å². The minimum absolute atomic E-state index is 0.0707. The van der Waals surface area contributed by atoms with Gasteiger partial charge >= 0.3 is 6.18 Å². The number of nitrogens with zero attached hydrogens (tertiary/aromatic N) is 2. The Morgan fingerprint density at radius 2 is 2.00 bits per heavy atom. The van der Waals surface area contributed by atoms with Crippen LogP contribution in [0.3, 0.4) is 0 Å². The summed E-state index contributed by atoms with van der Waals surface area (Å²) in [5.74, 6) is -1.62. The molecule has 7 heteroatoms. The number of rotatable bonds is 1. The summed E-state index contributed by atoms with van der Waals surface area (Å²) in [5, 5.41) is 0. The number of imidazole rings is 1. The Hall–Kier alpha value is -1.11. The second kappa shape index (κ2) is 3.97. The van der Waals surface area contributed by atoms with Crippen molar-refractivity contribution < 1.29 is 17.6 Å². The third kappa shape index (κ3) is 2.03. The van der Waals surface area contributed by atoms with E-state index in [4.69, 9.17) is 0 Å². The Morgan fingerprint density at radius 3 is 2.53 bits per heavy atom. The second-order valence-corrected chi connectivity index (χ2v) is 4.29.